The van der Waals surface area contributed by atoms with Crippen molar-refractivity contribution in [3.8, 4) is 5.75 Å². The van der Waals surface area contributed by atoms with Crippen LogP contribution >= 0.6 is 11.3 Å². The summed E-state index contributed by atoms with van der Waals surface area (Å²) in [5.41, 5.74) is 2.17. The minimum atomic E-state index is -0.159. The van der Waals surface area contributed by atoms with Gasteiger partial charge < -0.3 is 14.8 Å². The highest BCUT2D eigenvalue weighted by atomic mass is 32.1. The van der Waals surface area contributed by atoms with Crippen molar-refractivity contribution in [3.63, 3.8) is 0 Å². The van der Waals surface area contributed by atoms with Gasteiger partial charge in [0.15, 0.2) is 6.61 Å². The van der Waals surface area contributed by atoms with Crippen molar-refractivity contribution in [1.82, 2.24) is 5.32 Å². The number of nitrogens with one attached hydrogen (secondary N) is 1. The summed E-state index contributed by atoms with van der Waals surface area (Å²) < 4.78 is 10.8. The molecule has 4 nitrogen and oxygen atoms in total. The zero-order valence-electron chi connectivity index (χ0n) is 12.2. The number of ether oxygens (including phenoxy) is 2. The molecule has 2 aromatic rings. The molecular weight excluding hydrogens is 286 g/mol. The first-order valence-corrected chi connectivity index (χ1v) is 7.64. The van der Waals surface area contributed by atoms with Crippen molar-refractivity contribution in [3.05, 3.63) is 52.2 Å². The average Bonchev–Trinajstić information content (AvgIpc) is 3.00. The largest absolute Gasteiger partial charge is 0.484 e. The molecule has 112 valence electrons. The van der Waals surface area contributed by atoms with Crippen LogP contribution < -0.4 is 10.1 Å². The van der Waals surface area contributed by atoms with E-state index < -0.39 is 0 Å². The second-order valence-corrected chi connectivity index (χ2v) is 5.47. The smallest absolute Gasteiger partial charge is 0.258 e. The number of rotatable bonds is 7. The van der Waals surface area contributed by atoms with Crippen LogP contribution in [0.15, 0.2) is 41.1 Å². The molecule has 1 aromatic heterocycles. The topological polar surface area (TPSA) is 47.6 Å². The first-order chi connectivity index (χ1) is 10.2. The standard InChI is InChI=1S/C16H19NO3S/c1-12-4-3-5-14(8-12)20-10-16(18)17-9-15(19-2)13-6-7-21-11-13/h3-8,11,15H,9-10H2,1-2H3,(H,17,18). The minimum Gasteiger partial charge on any atom is -0.484 e. The van der Waals surface area contributed by atoms with Gasteiger partial charge in [-0.05, 0) is 47.0 Å². The van der Waals surface area contributed by atoms with E-state index in [-0.39, 0.29) is 18.6 Å². The Hall–Kier alpha value is -1.85. The van der Waals surface area contributed by atoms with Crippen molar-refractivity contribution in [2.75, 3.05) is 20.3 Å². The maximum atomic E-state index is 11.8. The Kier molecular flexibility index (Phi) is 5.78. The highest BCUT2D eigenvalue weighted by Crippen LogP contribution is 2.18. The third kappa shape index (κ3) is 4.88. The number of hydrogen-bond donors (Lipinski definition) is 1. The first-order valence-electron chi connectivity index (χ1n) is 6.70. The van der Waals surface area contributed by atoms with E-state index in [1.165, 1.54) is 0 Å². The van der Waals surface area contributed by atoms with Gasteiger partial charge >= 0.3 is 0 Å². The van der Waals surface area contributed by atoms with Crippen LogP contribution in [0.5, 0.6) is 5.75 Å². The Labute approximate surface area is 128 Å². The predicted molar refractivity (Wildman–Crippen MR) is 83.8 cm³/mol. The fourth-order valence-electron chi connectivity index (χ4n) is 1.91. The molecule has 0 fully saturated rings. The van der Waals surface area contributed by atoms with Gasteiger partial charge in [-0.1, -0.05) is 12.1 Å². The van der Waals surface area contributed by atoms with E-state index in [0.29, 0.717) is 12.3 Å². The summed E-state index contributed by atoms with van der Waals surface area (Å²) in [4.78, 5) is 11.8. The van der Waals surface area contributed by atoms with Gasteiger partial charge in [-0.15, -0.1) is 0 Å². The molecule has 0 aliphatic heterocycles. The van der Waals surface area contributed by atoms with Crippen LogP contribution in [-0.4, -0.2) is 26.2 Å². The summed E-state index contributed by atoms with van der Waals surface area (Å²) in [7, 11) is 1.64. The quantitative estimate of drug-likeness (QED) is 0.855. The molecule has 0 radical (unpaired) electrons. The number of carbonyl (C=O) groups is 1. The van der Waals surface area contributed by atoms with E-state index in [2.05, 4.69) is 5.32 Å². The van der Waals surface area contributed by atoms with Crippen LogP contribution in [-0.2, 0) is 9.53 Å². The van der Waals surface area contributed by atoms with Gasteiger partial charge in [0, 0.05) is 13.7 Å². The molecule has 0 spiro atoms. The Balaban J connectivity index is 1.77. The average molecular weight is 305 g/mol. The second kappa shape index (κ2) is 7.81. The fourth-order valence-corrected chi connectivity index (χ4v) is 2.61. The highest BCUT2D eigenvalue weighted by Gasteiger charge is 2.12. The van der Waals surface area contributed by atoms with Crippen molar-refractivity contribution < 1.29 is 14.3 Å². The second-order valence-electron chi connectivity index (χ2n) is 4.69. The van der Waals surface area contributed by atoms with Gasteiger partial charge in [0.2, 0.25) is 0 Å². The molecule has 0 saturated carbocycles. The van der Waals surface area contributed by atoms with Gasteiger partial charge in [0.1, 0.15) is 11.9 Å². The Bertz CT molecular complexity index is 569. The third-order valence-corrected chi connectivity index (χ3v) is 3.75. The highest BCUT2D eigenvalue weighted by molar-refractivity contribution is 7.07. The number of thiophene rings is 1. The minimum absolute atomic E-state index is 0.00350. The van der Waals surface area contributed by atoms with Crippen LogP contribution in [0.1, 0.15) is 17.2 Å². The van der Waals surface area contributed by atoms with Crippen LogP contribution in [0.4, 0.5) is 0 Å². The number of benzene rings is 1. The molecule has 0 bridgehead atoms. The maximum Gasteiger partial charge on any atom is 0.258 e. The molecule has 2 rings (SSSR count). The van der Waals surface area contributed by atoms with Crippen LogP contribution in [0.25, 0.3) is 0 Å². The van der Waals surface area contributed by atoms with E-state index in [9.17, 15) is 4.79 Å². The SMILES string of the molecule is COC(CNC(=O)COc1cccc(C)c1)c1ccsc1. The number of methoxy groups -OCH3 is 1. The van der Waals surface area contributed by atoms with E-state index in [1.54, 1.807) is 18.4 Å². The van der Waals surface area contributed by atoms with Crippen molar-refractivity contribution in [2.45, 2.75) is 13.0 Å². The van der Waals surface area contributed by atoms with Crippen LogP contribution in [0, 0.1) is 6.92 Å². The first kappa shape index (κ1) is 15.5. The van der Waals surface area contributed by atoms with Gasteiger partial charge in [-0.2, -0.15) is 11.3 Å². The molecule has 1 aromatic carbocycles. The lowest BCUT2D eigenvalue weighted by atomic mass is 10.2. The molecule has 0 aliphatic rings. The zero-order valence-corrected chi connectivity index (χ0v) is 13.0. The molecule has 5 heteroatoms. The summed E-state index contributed by atoms with van der Waals surface area (Å²) >= 11 is 1.61. The van der Waals surface area contributed by atoms with E-state index in [1.807, 2.05) is 48.0 Å². The number of amides is 1. The van der Waals surface area contributed by atoms with Gasteiger partial charge in [0.05, 0.1) is 0 Å². The summed E-state index contributed by atoms with van der Waals surface area (Å²) in [6.45, 7) is 2.42. The van der Waals surface area contributed by atoms with Gasteiger partial charge in [-0.3, -0.25) is 4.79 Å². The molecule has 21 heavy (non-hydrogen) atoms. The fraction of sp³-hybridized carbons (Fsp3) is 0.312. The number of carbonyl (C=O) groups excluding carboxylic acids is 1. The lowest BCUT2D eigenvalue weighted by molar-refractivity contribution is -0.123. The summed E-state index contributed by atoms with van der Waals surface area (Å²) in [6.07, 6.45) is -0.126. The predicted octanol–water partition coefficient (Wildman–Crippen LogP) is 2.94. The van der Waals surface area contributed by atoms with Gasteiger partial charge in [0.25, 0.3) is 5.91 Å². The molecule has 1 amide bonds. The van der Waals surface area contributed by atoms with Gasteiger partial charge in [-0.25, -0.2) is 0 Å². The molecule has 1 unspecified atom stereocenters. The van der Waals surface area contributed by atoms with E-state index in [0.717, 1.165) is 11.1 Å². The monoisotopic (exact) mass is 305 g/mol. The Morgan fingerprint density at radius 1 is 1.38 bits per heavy atom. The maximum absolute atomic E-state index is 11.8. The van der Waals surface area contributed by atoms with Crippen molar-refractivity contribution in [2.24, 2.45) is 0 Å². The Morgan fingerprint density at radius 2 is 2.24 bits per heavy atom. The third-order valence-electron chi connectivity index (χ3n) is 3.04. The molecule has 1 atom stereocenters. The van der Waals surface area contributed by atoms with Crippen molar-refractivity contribution >= 4 is 17.2 Å². The lowest BCUT2D eigenvalue weighted by Gasteiger charge is -2.15. The summed E-state index contributed by atoms with van der Waals surface area (Å²) in [5, 5.41) is 6.83. The van der Waals surface area contributed by atoms with Crippen LogP contribution in [0.3, 0.4) is 0 Å². The van der Waals surface area contributed by atoms with E-state index in [4.69, 9.17) is 9.47 Å². The Morgan fingerprint density at radius 3 is 2.90 bits per heavy atom. The molecular formula is C16H19NO3S. The van der Waals surface area contributed by atoms with Crippen molar-refractivity contribution in [1.29, 1.82) is 0 Å². The molecule has 1 N–H and O–H groups in total. The number of aryl methyl sites for hydroxylation is 1. The molecule has 0 aliphatic carbocycles. The van der Waals surface area contributed by atoms with E-state index >= 15 is 0 Å². The summed E-state index contributed by atoms with van der Waals surface area (Å²) in [6, 6.07) is 9.62. The van der Waals surface area contributed by atoms with Crippen LogP contribution in [0.2, 0.25) is 0 Å². The zero-order chi connectivity index (χ0) is 15.1. The molecule has 0 saturated heterocycles. The summed E-state index contributed by atoms with van der Waals surface area (Å²) in [5.74, 6) is 0.542. The normalized spacial score (nSPS) is 11.9. The number of hydrogen-bond acceptors (Lipinski definition) is 4. The lowest BCUT2D eigenvalue weighted by Crippen LogP contribution is -2.32. The molecule has 1 heterocycles.